The molecule has 164 valence electrons. The van der Waals surface area contributed by atoms with Gasteiger partial charge in [0.2, 0.25) is 0 Å². The van der Waals surface area contributed by atoms with Crippen LogP contribution in [0, 0.1) is 11.6 Å². The zero-order valence-corrected chi connectivity index (χ0v) is 18.3. The van der Waals surface area contributed by atoms with Gasteiger partial charge in [-0.25, -0.2) is 8.78 Å². The second-order valence-corrected chi connectivity index (χ2v) is 8.89. The van der Waals surface area contributed by atoms with Gasteiger partial charge in [0, 0.05) is 19.2 Å². The number of carbonyl (C=O) groups excluding carboxylic acids is 3. The number of unbranched alkanes of at least 4 members (excludes halogenated alkanes) is 1. The smallest absolute Gasteiger partial charge is 0.268 e. The van der Waals surface area contributed by atoms with E-state index in [9.17, 15) is 23.2 Å². The number of nitrogens with zero attached hydrogens (tertiary/aromatic N) is 2. The summed E-state index contributed by atoms with van der Waals surface area (Å²) in [5.74, 6) is -2.77. The second kappa shape index (κ2) is 9.18. The van der Waals surface area contributed by atoms with Crippen molar-refractivity contribution in [3.8, 4) is 0 Å². The number of amides is 3. The van der Waals surface area contributed by atoms with E-state index < -0.39 is 17.5 Å². The van der Waals surface area contributed by atoms with E-state index in [0.29, 0.717) is 33.2 Å². The SMILES string of the molecule is O=C1c2ccccc2C(=O)N1CCCCN(C(=O)c1ccc(Cl)s1)c1ccc(F)cc1F. The first kappa shape index (κ1) is 22.1. The maximum absolute atomic E-state index is 14.4. The summed E-state index contributed by atoms with van der Waals surface area (Å²) in [7, 11) is 0. The predicted molar refractivity (Wildman–Crippen MR) is 118 cm³/mol. The van der Waals surface area contributed by atoms with Crippen LogP contribution >= 0.6 is 22.9 Å². The molecule has 1 aliphatic rings. The van der Waals surface area contributed by atoms with E-state index in [2.05, 4.69) is 0 Å². The zero-order valence-electron chi connectivity index (χ0n) is 16.7. The van der Waals surface area contributed by atoms with Crippen LogP contribution in [0.1, 0.15) is 43.2 Å². The zero-order chi connectivity index (χ0) is 22.8. The molecule has 0 saturated carbocycles. The van der Waals surface area contributed by atoms with E-state index in [1.54, 1.807) is 36.4 Å². The molecular formula is C23H17ClF2N2O3S. The van der Waals surface area contributed by atoms with Crippen LogP contribution in [0.2, 0.25) is 4.34 Å². The minimum Gasteiger partial charge on any atom is -0.305 e. The number of rotatable bonds is 7. The highest BCUT2D eigenvalue weighted by atomic mass is 35.5. The van der Waals surface area contributed by atoms with Crippen LogP contribution in [0.25, 0.3) is 0 Å². The Morgan fingerprint density at radius 2 is 1.66 bits per heavy atom. The van der Waals surface area contributed by atoms with Crippen LogP contribution < -0.4 is 4.90 Å². The Hall–Kier alpha value is -3.10. The van der Waals surface area contributed by atoms with E-state index in [1.165, 1.54) is 15.9 Å². The highest BCUT2D eigenvalue weighted by Gasteiger charge is 2.34. The molecule has 0 N–H and O–H groups in total. The van der Waals surface area contributed by atoms with Gasteiger partial charge < -0.3 is 4.90 Å². The molecule has 9 heteroatoms. The molecule has 0 bridgehead atoms. The quantitative estimate of drug-likeness (QED) is 0.340. The fourth-order valence-electron chi connectivity index (χ4n) is 3.58. The van der Waals surface area contributed by atoms with Crippen molar-refractivity contribution in [3.63, 3.8) is 0 Å². The summed E-state index contributed by atoms with van der Waals surface area (Å²) in [5.41, 5.74) is 0.691. The molecule has 2 heterocycles. The molecule has 3 aromatic rings. The fraction of sp³-hybridized carbons (Fsp3) is 0.174. The minimum atomic E-state index is -0.860. The normalized spacial score (nSPS) is 12.9. The number of imide groups is 1. The molecule has 0 radical (unpaired) electrons. The number of anilines is 1. The molecule has 0 saturated heterocycles. The van der Waals surface area contributed by atoms with Gasteiger partial charge in [-0.2, -0.15) is 0 Å². The summed E-state index contributed by atoms with van der Waals surface area (Å²) >= 11 is 6.99. The maximum Gasteiger partial charge on any atom is 0.268 e. The topological polar surface area (TPSA) is 57.7 Å². The molecule has 32 heavy (non-hydrogen) atoms. The lowest BCUT2D eigenvalue weighted by Crippen LogP contribution is -2.34. The van der Waals surface area contributed by atoms with E-state index in [0.717, 1.165) is 23.5 Å². The first-order valence-corrected chi connectivity index (χ1v) is 11.0. The number of hydrogen-bond acceptors (Lipinski definition) is 4. The Balaban J connectivity index is 1.46. The number of fused-ring (bicyclic) bond motifs is 1. The Labute approximate surface area is 191 Å². The van der Waals surface area contributed by atoms with E-state index in [1.807, 2.05) is 0 Å². The number of thiophene rings is 1. The third-order valence-electron chi connectivity index (χ3n) is 5.12. The molecule has 4 rings (SSSR count). The van der Waals surface area contributed by atoms with Crippen LogP contribution in [0.4, 0.5) is 14.5 Å². The number of hydrogen-bond donors (Lipinski definition) is 0. The van der Waals surface area contributed by atoms with Gasteiger partial charge in [0.1, 0.15) is 11.6 Å². The molecular weight excluding hydrogens is 458 g/mol. The lowest BCUT2D eigenvalue weighted by atomic mass is 10.1. The third-order valence-corrected chi connectivity index (χ3v) is 6.34. The van der Waals surface area contributed by atoms with Gasteiger partial charge in [-0.1, -0.05) is 23.7 Å². The molecule has 0 atom stereocenters. The van der Waals surface area contributed by atoms with Gasteiger partial charge in [-0.05, 0) is 49.2 Å². The van der Waals surface area contributed by atoms with Gasteiger partial charge in [-0.15, -0.1) is 11.3 Å². The molecule has 0 spiro atoms. The minimum absolute atomic E-state index is 0.0540. The summed E-state index contributed by atoms with van der Waals surface area (Å²) < 4.78 is 28.2. The van der Waals surface area contributed by atoms with Gasteiger partial charge in [0.05, 0.1) is 26.0 Å². The second-order valence-electron chi connectivity index (χ2n) is 7.17. The summed E-state index contributed by atoms with van der Waals surface area (Å²) in [5, 5.41) is 0. The lowest BCUT2D eigenvalue weighted by Gasteiger charge is -2.23. The predicted octanol–water partition coefficient (Wildman–Crippen LogP) is 5.40. The molecule has 5 nitrogen and oxygen atoms in total. The average molecular weight is 475 g/mol. The first-order chi connectivity index (χ1) is 15.4. The third kappa shape index (κ3) is 4.28. The standard InChI is InChI=1S/C23H17ClF2N2O3S/c24-20-10-9-19(32-20)23(31)27(18-8-7-14(25)13-17(18)26)11-3-4-12-28-21(29)15-5-1-2-6-16(15)22(28)30/h1-2,5-10,13H,3-4,11-12H2. The number of halogens is 3. The Morgan fingerprint density at radius 3 is 2.25 bits per heavy atom. The maximum atomic E-state index is 14.4. The van der Waals surface area contributed by atoms with Gasteiger partial charge in [0.25, 0.3) is 17.7 Å². The lowest BCUT2D eigenvalue weighted by molar-refractivity contribution is 0.0651. The van der Waals surface area contributed by atoms with Crippen molar-refractivity contribution in [2.45, 2.75) is 12.8 Å². The van der Waals surface area contributed by atoms with Gasteiger partial charge in [-0.3, -0.25) is 19.3 Å². The van der Waals surface area contributed by atoms with Crippen molar-refractivity contribution in [2.75, 3.05) is 18.0 Å². The van der Waals surface area contributed by atoms with Crippen LogP contribution in [0.5, 0.6) is 0 Å². The monoisotopic (exact) mass is 474 g/mol. The van der Waals surface area contributed by atoms with E-state index >= 15 is 0 Å². The number of carbonyl (C=O) groups is 3. The molecule has 1 aromatic heterocycles. The van der Waals surface area contributed by atoms with Crippen LogP contribution in [0.15, 0.2) is 54.6 Å². The Kier molecular flexibility index (Phi) is 6.34. The Morgan fingerprint density at radius 1 is 0.969 bits per heavy atom. The molecule has 0 fully saturated rings. The highest BCUT2D eigenvalue weighted by molar-refractivity contribution is 7.18. The van der Waals surface area contributed by atoms with Crippen LogP contribution in [-0.4, -0.2) is 35.7 Å². The van der Waals surface area contributed by atoms with Crippen molar-refractivity contribution in [1.82, 2.24) is 4.90 Å². The summed E-state index contributed by atoms with van der Waals surface area (Å²) in [4.78, 5) is 40.7. The summed E-state index contributed by atoms with van der Waals surface area (Å²) in [6.07, 6.45) is 0.790. The van der Waals surface area contributed by atoms with Crippen LogP contribution in [0.3, 0.4) is 0 Å². The molecule has 0 aliphatic carbocycles. The molecule has 3 amide bonds. The molecule has 1 aliphatic heterocycles. The summed E-state index contributed by atoms with van der Waals surface area (Å²) in [6.45, 7) is 0.283. The van der Waals surface area contributed by atoms with Gasteiger partial charge in [0.15, 0.2) is 0 Å². The fourth-order valence-corrected chi connectivity index (χ4v) is 4.57. The summed E-state index contributed by atoms with van der Waals surface area (Å²) in [6, 6.07) is 12.7. The molecule has 0 unspecified atom stereocenters. The van der Waals surface area contributed by atoms with Crippen molar-refractivity contribution >= 4 is 46.3 Å². The van der Waals surface area contributed by atoms with E-state index in [-0.39, 0.29) is 30.6 Å². The van der Waals surface area contributed by atoms with Crippen molar-refractivity contribution < 1.29 is 23.2 Å². The van der Waals surface area contributed by atoms with Crippen molar-refractivity contribution in [1.29, 1.82) is 0 Å². The molecule has 2 aromatic carbocycles. The first-order valence-electron chi connectivity index (χ1n) is 9.84. The number of benzene rings is 2. The Bertz CT molecular complexity index is 1180. The van der Waals surface area contributed by atoms with Crippen LogP contribution in [-0.2, 0) is 0 Å². The highest BCUT2D eigenvalue weighted by Crippen LogP contribution is 2.28. The van der Waals surface area contributed by atoms with Crippen molar-refractivity contribution in [2.24, 2.45) is 0 Å². The largest absolute Gasteiger partial charge is 0.305 e. The van der Waals surface area contributed by atoms with E-state index in [4.69, 9.17) is 11.6 Å². The van der Waals surface area contributed by atoms with Gasteiger partial charge >= 0.3 is 0 Å². The average Bonchev–Trinajstić information content (AvgIpc) is 3.31. The van der Waals surface area contributed by atoms with Crippen molar-refractivity contribution in [3.05, 3.63) is 86.6 Å².